The molecule has 0 spiro atoms. The van der Waals surface area contributed by atoms with E-state index < -0.39 is 15.6 Å². The highest BCUT2D eigenvalue weighted by Crippen LogP contribution is 2.39. The van der Waals surface area contributed by atoms with Gasteiger partial charge in [-0.15, -0.1) is 0 Å². The molecule has 2 aliphatic carbocycles. The Kier molecular flexibility index (Phi) is 7.55. The van der Waals surface area contributed by atoms with E-state index in [2.05, 4.69) is 10.0 Å². The normalized spacial score (nSPS) is 17.4. The van der Waals surface area contributed by atoms with E-state index in [0.717, 1.165) is 58.4 Å². The monoisotopic (exact) mass is 556 g/mol. The fourth-order valence-electron chi connectivity index (χ4n) is 5.58. The van der Waals surface area contributed by atoms with Crippen molar-refractivity contribution in [2.24, 2.45) is 5.92 Å². The van der Waals surface area contributed by atoms with Gasteiger partial charge in [-0.2, -0.15) is 0 Å². The van der Waals surface area contributed by atoms with Crippen LogP contribution in [0.2, 0.25) is 0 Å². The molecule has 0 unspecified atom stereocenters. The quantitative estimate of drug-likeness (QED) is 0.262. The Bertz CT molecular complexity index is 1450. The molecule has 2 fully saturated rings. The number of amides is 1. The van der Waals surface area contributed by atoms with Crippen LogP contribution in [0.4, 0.5) is 0 Å². The Balaban J connectivity index is 1.63. The van der Waals surface area contributed by atoms with Crippen LogP contribution in [0.1, 0.15) is 87.6 Å². The maximum absolute atomic E-state index is 13.3. The van der Waals surface area contributed by atoms with Crippen molar-refractivity contribution in [3.8, 4) is 10.4 Å². The SMILES string of the molecule is CC(C)(C)NS(=O)(=O)c1ccc(-c2sc(C(=O)NC3CCC3)[n+](O)c2CC2CCCCC2)c2ccccc12. The van der Waals surface area contributed by atoms with E-state index in [4.69, 9.17) is 0 Å². The van der Waals surface area contributed by atoms with Gasteiger partial charge in [0.1, 0.15) is 4.88 Å². The van der Waals surface area contributed by atoms with E-state index in [1.54, 1.807) is 6.07 Å². The minimum absolute atomic E-state index is 0.162. The highest BCUT2D eigenvalue weighted by atomic mass is 32.2. The molecule has 2 aromatic carbocycles. The van der Waals surface area contributed by atoms with E-state index in [0.29, 0.717) is 17.7 Å². The summed E-state index contributed by atoms with van der Waals surface area (Å²) in [4.78, 5) is 14.2. The van der Waals surface area contributed by atoms with Crippen LogP contribution in [0.25, 0.3) is 21.2 Å². The van der Waals surface area contributed by atoms with Crippen molar-refractivity contribution in [2.75, 3.05) is 0 Å². The standard InChI is InChI=1S/C29H37N3O4S2/c1-29(2,3)31-38(35,36)25-17-16-23(21-14-7-8-15-22(21)25)26-24(18-19-10-5-4-6-11-19)32(34)28(37-26)27(33)30-20-12-9-13-20/h7-8,14-17,19-20,31H,4-6,9-13,18H2,1-3H3,(H-,30,33,34)/p+1. The van der Waals surface area contributed by atoms with Crippen molar-refractivity contribution in [3.05, 3.63) is 47.1 Å². The van der Waals surface area contributed by atoms with E-state index in [1.165, 1.54) is 30.6 Å². The van der Waals surface area contributed by atoms with Gasteiger partial charge in [0.2, 0.25) is 10.0 Å². The zero-order valence-electron chi connectivity index (χ0n) is 22.4. The Hall–Kier alpha value is -2.49. The Morgan fingerprint density at radius 2 is 1.68 bits per heavy atom. The Morgan fingerprint density at radius 3 is 2.32 bits per heavy atom. The molecule has 1 heterocycles. The summed E-state index contributed by atoms with van der Waals surface area (Å²) in [5, 5.41) is 16.0. The number of hydrogen-bond donors (Lipinski definition) is 3. The van der Waals surface area contributed by atoms with Crippen molar-refractivity contribution in [1.82, 2.24) is 10.0 Å². The first-order valence-electron chi connectivity index (χ1n) is 13.7. The van der Waals surface area contributed by atoms with Crippen LogP contribution >= 0.6 is 11.3 Å². The molecular formula is C29H38N3O4S2+. The summed E-state index contributed by atoms with van der Waals surface area (Å²) >= 11 is 1.29. The molecule has 204 valence electrons. The first kappa shape index (κ1) is 27.1. The van der Waals surface area contributed by atoms with Crippen LogP contribution < -0.4 is 14.8 Å². The van der Waals surface area contributed by atoms with Gasteiger partial charge in [0.05, 0.1) is 4.90 Å². The lowest BCUT2D eigenvalue weighted by Crippen LogP contribution is -2.46. The average molecular weight is 557 g/mol. The van der Waals surface area contributed by atoms with Crippen LogP contribution in [0.15, 0.2) is 41.3 Å². The number of carbonyl (C=O) groups excluding carboxylic acids is 1. The first-order chi connectivity index (χ1) is 18.0. The number of carbonyl (C=O) groups is 1. The van der Waals surface area contributed by atoms with Crippen molar-refractivity contribution in [1.29, 1.82) is 0 Å². The van der Waals surface area contributed by atoms with E-state index in [1.807, 2.05) is 51.1 Å². The van der Waals surface area contributed by atoms with Gasteiger partial charge in [-0.1, -0.05) is 60.9 Å². The molecule has 0 atom stereocenters. The van der Waals surface area contributed by atoms with E-state index in [9.17, 15) is 18.4 Å². The number of nitrogens with one attached hydrogen (secondary N) is 2. The molecule has 9 heteroatoms. The largest absolute Gasteiger partial charge is 0.377 e. The number of fused-ring (bicyclic) bond motifs is 1. The van der Waals surface area contributed by atoms with Gasteiger partial charge < -0.3 is 5.32 Å². The van der Waals surface area contributed by atoms with E-state index >= 15 is 0 Å². The summed E-state index contributed by atoms with van der Waals surface area (Å²) in [6, 6.07) is 11.1. The van der Waals surface area contributed by atoms with Gasteiger partial charge in [-0.3, -0.25) is 10.0 Å². The lowest BCUT2D eigenvalue weighted by atomic mass is 9.85. The van der Waals surface area contributed by atoms with Crippen LogP contribution in [0.3, 0.4) is 0 Å². The highest BCUT2D eigenvalue weighted by Gasteiger charge is 2.37. The molecule has 2 aliphatic rings. The highest BCUT2D eigenvalue weighted by molar-refractivity contribution is 7.89. The van der Waals surface area contributed by atoms with Gasteiger partial charge in [0.15, 0.2) is 0 Å². The summed E-state index contributed by atoms with van der Waals surface area (Å²) in [6.45, 7) is 5.46. The number of thiazole rings is 1. The molecule has 2 saturated carbocycles. The zero-order chi connectivity index (χ0) is 27.1. The summed E-state index contributed by atoms with van der Waals surface area (Å²) in [5.41, 5.74) is 0.941. The Labute approximate surface area is 229 Å². The first-order valence-corrected chi connectivity index (χ1v) is 16.0. The number of nitrogens with zero attached hydrogens (tertiary/aromatic N) is 1. The number of rotatable bonds is 7. The van der Waals surface area contributed by atoms with Crippen LogP contribution in [-0.4, -0.2) is 31.1 Å². The molecule has 0 bridgehead atoms. The summed E-state index contributed by atoms with van der Waals surface area (Å²) in [7, 11) is -3.77. The molecule has 1 amide bonds. The molecule has 3 N–H and O–H groups in total. The fraction of sp³-hybridized carbons (Fsp3) is 0.517. The number of sulfonamides is 1. The van der Waals surface area contributed by atoms with Gasteiger partial charge in [-0.05, 0) is 70.2 Å². The fourth-order valence-corrected chi connectivity index (χ4v) is 8.32. The second-order valence-electron chi connectivity index (χ2n) is 11.8. The molecule has 0 saturated heterocycles. The lowest BCUT2D eigenvalue weighted by Gasteiger charge is -2.25. The average Bonchev–Trinajstić information content (AvgIpc) is 3.15. The molecule has 5 rings (SSSR count). The summed E-state index contributed by atoms with van der Waals surface area (Å²) < 4.78 is 30.5. The molecular weight excluding hydrogens is 518 g/mol. The molecule has 1 aromatic heterocycles. The van der Waals surface area contributed by atoms with Crippen LogP contribution in [0.5, 0.6) is 0 Å². The van der Waals surface area contributed by atoms with Crippen molar-refractivity contribution in [2.45, 2.75) is 95.0 Å². The van der Waals surface area contributed by atoms with Gasteiger partial charge in [-0.25, -0.2) is 13.1 Å². The summed E-state index contributed by atoms with van der Waals surface area (Å²) in [5.74, 6) is 0.191. The van der Waals surface area contributed by atoms with Gasteiger partial charge >= 0.3 is 10.9 Å². The van der Waals surface area contributed by atoms with Crippen molar-refractivity contribution >= 4 is 38.0 Å². The van der Waals surface area contributed by atoms with E-state index in [-0.39, 0.29) is 21.9 Å². The summed E-state index contributed by atoms with van der Waals surface area (Å²) in [6.07, 6.45) is 9.54. The minimum Gasteiger partial charge on any atom is -0.343 e. The predicted molar refractivity (Wildman–Crippen MR) is 150 cm³/mol. The zero-order valence-corrected chi connectivity index (χ0v) is 24.1. The second kappa shape index (κ2) is 10.6. The van der Waals surface area contributed by atoms with Gasteiger partial charge in [0.25, 0.3) is 5.69 Å². The van der Waals surface area contributed by atoms with Gasteiger partial charge in [0, 0.05) is 33.7 Å². The molecule has 0 aliphatic heterocycles. The minimum atomic E-state index is -3.77. The number of benzene rings is 2. The molecule has 3 aromatic rings. The van der Waals surface area contributed by atoms with Crippen molar-refractivity contribution < 1.29 is 23.1 Å². The second-order valence-corrected chi connectivity index (χ2v) is 14.5. The number of aromatic nitrogens is 1. The van der Waals surface area contributed by atoms with Crippen molar-refractivity contribution in [3.63, 3.8) is 0 Å². The maximum Gasteiger partial charge on any atom is 0.377 e. The topological polar surface area (TPSA) is 99.4 Å². The maximum atomic E-state index is 13.3. The third-order valence-electron chi connectivity index (χ3n) is 7.61. The number of hydrogen-bond acceptors (Lipinski definition) is 5. The molecule has 0 radical (unpaired) electrons. The smallest absolute Gasteiger partial charge is 0.343 e. The molecule has 38 heavy (non-hydrogen) atoms. The third kappa shape index (κ3) is 5.60. The van der Waals surface area contributed by atoms with Crippen LogP contribution in [-0.2, 0) is 16.4 Å². The Morgan fingerprint density at radius 1 is 1.00 bits per heavy atom. The lowest BCUT2D eigenvalue weighted by molar-refractivity contribution is -0.907. The molecule has 7 nitrogen and oxygen atoms in total. The predicted octanol–water partition coefficient (Wildman–Crippen LogP) is 5.58. The van der Waals surface area contributed by atoms with Crippen LogP contribution in [0, 0.1) is 5.92 Å². The third-order valence-corrected chi connectivity index (χ3v) is 10.6.